The van der Waals surface area contributed by atoms with Gasteiger partial charge in [-0.3, -0.25) is 4.79 Å². The Morgan fingerprint density at radius 1 is 0.814 bits per heavy atom. The number of hydrogen-bond donors (Lipinski definition) is 0. The number of hydrogen-bond acceptors (Lipinski definition) is 5. The molecule has 1 saturated heterocycles. The Morgan fingerprint density at radius 2 is 1.33 bits per heavy atom. The summed E-state index contributed by atoms with van der Waals surface area (Å²) >= 11 is 0. The van der Waals surface area contributed by atoms with E-state index in [2.05, 4.69) is 81.4 Å². The molecule has 0 radical (unpaired) electrons. The van der Waals surface area contributed by atoms with E-state index in [4.69, 9.17) is 13.9 Å². The first-order valence-corrected chi connectivity index (χ1v) is 17.2. The summed E-state index contributed by atoms with van der Waals surface area (Å²) in [6.45, 7) is 15.2. The Labute approximate surface area is 258 Å². The Bertz CT molecular complexity index is 1300. The van der Waals surface area contributed by atoms with Gasteiger partial charge in [-0.2, -0.15) is 0 Å². The third-order valence-corrected chi connectivity index (χ3v) is 13.3. The molecule has 43 heavy (non-hydrogen) atoms. The van der Waals surface area contributed by atoms with Crippen LogP contribution in [-0.4, -0.2) is 56.7 Å². The van der Waals surface area contributed by atoms with Gasteiger partial charge >= 0.3 is 12.1 Å². The van der Waals surface area contributed by atoms with Gasteiger partial charge in [0.25, 0.3) is 8.32 Å². The van der Waals surface area contributed by atoms with Gasteiger partial charge in [-0.25, -0.2) is 4.79 Å². The summed E-state index contributed by atoms with van der Waals surface area (Å²) in [5, 5.41) is 2.09. The standard InChI is InChI=1S/C36H47NO5Si/c1-8-40-33(38)24-30-31(27-18-12-9-13-19-27)25-37(34(39)42-35(2,3)4)32(30)26-41-43(36(5,6)7,28-20-14-10-15-21-28)29-22-16-11-17-23-29/h9-23,30-32H,8,24-26H2,1-7H3/t30-,31+,32+/m0/s1. The van der Waals surface area contributed by atoms with Gasteiger partial charge in [0.15, 0.2) is 0 Å². The second kappa shape index (κ2) is 13.5. The lowest BCUT2D eigenvalue weighted by atomic mass is 9.83. The first kappa shape index (κ1) is 32.5. The summed E-state index contributed by atoms with van der Waals surface area (Å²) in [5.74, 6) is -0.562. The minimum atomic E-state index is -2.91. The Morgan fingerprint density at radius 3 is 1.79 bits per heavy atom. The van der Waals surface area contributed by atoms with Crippen LogP contribution >= 0.6 is 0 Å². The van der Waals surface area contributed by atoms with Gasteiger partial charge < -0.3 is 18.8 Å². The van der Waals surface area contributed by atoms with Gasteiger partial charge in [-0.05, 0) is 48.7 Å². The summed E-state index contributed by atoms with van der Waals surface area (Å²) in [7, 11) is -2.91. The van der Waals surface area contributed by atoms with Crippen molar-refractivity contribution in [3.8, 4) is 0 Å². The van der Waals surface area contributed by atoms with Crippen LogP contribution in [0.2, 0.25) is 5.04 Å². The third-order valence-electron chi connectivity index (χ3n) is 8.26. The molecule has 0 saturated carbocycles. The molecule has 0 bridgehead atoms. The maximum Gasteiger partial charge on any atom is 0.410 e. The van der Waals surface area contributed by atoms with E-state index in [0.717, 1.165) is 15.9 Å². The number of amides is 1. The van der Waals surface area contributed by atoms with E-state index in [1.807, 2.05) is 58.0 Å². The van der Waals surface area contributed by atoms with E-state index in [-0.39, 0.29) is 35.9 Å². The Balaban J connectivity index is 1.82. The Hall–Kier alpha value is -3.42. The van der Waals surface area contributed by atoms with Crippen molar-refractivity contribution < 1.29 is 23.5 Å². The summed E-state index contributed by atoms with van der Waals surface area (Å²) < 4.78 is 18.7. The highest BCUT2D eigenvalue weighted by Crippen LogP contribution is 2.43. The predicted octanol–water partition coefficient (Wildman–Crippen LogP) is 6.54. The molecule has 1 aliphatic rings. The lowest BCUT2D eigenvalue weighted by Crippen LogP contribution is -2.67. The molecule has 0 spiro atoms. The Kier molecular flexibility index (Phi) is 10.2. The van der Waals surface area contributed by atoms with Gasteiger partial charge in [0.1, 0.15) is 5.60 Å². The molecule has 0 N–H and O–H groups in total. The number of likely N-dealkylation sites (tertiary alicyclic amines) is 1. The summed E-state index contributed by atoms with van der Waals surface area (Å²) in [5.41, 5.74) is 0.417. The molecule has 0 unspecified atom stereocenters. The second-order valence-corrected chi connectivity index (χ2v) is 17.7. The number of esters is 1. The second-order valence-electron chi connectivity index (χ2n) is 13.4. The molecule has 1 aliphatic heterocycles. The smallest absolute Gasteiger partial charge is 0.410 e. The fourth-order valence-corrected chi connectivity index (χ4v) is 11.0. The fourth-order valence-electron chi connectivity index (χ4n) is 6.44. The molecule has 230 valence electrons. The van der Waals surface area contributed by atoms with Gasteiger partial charge in [-0.15, -0.1) is 0 Å². The minimum absolute atomic E-state index is 0.0779. The van der Waals surface area contributed by atoms with Crippen LogP contribution in [0.1, 0.15) is 66.4 Å². The zero-order valence-corrected chi connectivity index (χ0v) is 27.7. The van der Waals surface area contributed by atoms with Gasteiger partial charge in [-0.1, -0.05) is 112 Å². The van der Waals surface area contributed by atoms with Gasteiger partial charge in [0.05, 0.1) is 25.7 Å². The van der Waals surface area contributed by atoms with E-state index >= 15 is 0 Å². The first-order valence-electron chi connectivity index (χ1n) is 15.3. The summed E-state index contributed by atoms with van der Waals surface area (Å²) in [6.07, 6.45) is -0.211. The molecule has 3 aromatic carbocycles. The molecule has 4 rings (SSSR count). The van der Waals surface area contributed by atoms with E-state index in [0.29, 0.717) is 13.2 Å². The summed E-state index contributed by atoms with van der Waals surface area (Å²) in [4.78, 5) is 28.6. The molecule has 1 amide bonds. The quantitative estimate of drug-likeness (QED) is 0.206. The largest absolute Gasteiger partial charge is 0.466 e. The number of benzene rings is 3. The average Bonchev–Trinajstić information content (AvgIpc) is 3.31. The molecule has 3 atom stereocenters. The molecule has 1 heterocycles. The minimum Gasteiger partial charge on any atom is -0.466 e. The molecular formula is C36H47NO5Si. The van der Waals surface area contributed by atoms with E-state index < -0.39 is 26.1 Å². The zero-order chi connectivity index (χ0) is 31.3. The van der Waals surface area contributed by atoms with Crippen molar-refractivity contribution in [1.29, 1.82) is 0 Å². The number of carbonyl (C=O) groups is 2. The van der Waals surface area contributed by atoms with Crippen LogP contribution < -0.4 is 10.4 Å². The van der Waals surface area contributed by atoms with Crippen molar-refractivity contribution in [1.82, 2.24) is 4.90 Å². The number of carbonyl (C=O) groups excluding carboxylic acids is 2. The maximum atomic E-state index is 13.8. The van der Waals surface area contributed by atoms with Crippen LogP contribution in [-0.2, 0) is 18.7 Å². The highest BCUT2D eigenvalue weighted by Gasteiger charge is 2.53. The van der Waals surface area contributed by atoms with Crippen LogP contribution in [0.3, 0.4) is 0 Å². The number of rotatable bonds is 9. The maximum absolute atomic E-state index is 13.8. The van der Waals surface area contributed by atoms with Crippen LogP contribution in [0.25, 0.3) is 0 Å². The van der Waals surface area contributed by atoms with E-state index in [9.17, 15) is 9.59 Å². The fraction of sp³-hybridized carbons (Fsp3) is 0.444. The molecule has 1 fully saturated rings. The average molecular weight is 602 g/mol. The van der Waals surface area contributed by atoms with Crippen LogP contribution in [0.4, 0.5) is 4.79 Å². The third kappa shape index (κ3) is 7.39. The highest BCUT2D eigenvalue weighted by atomic mass is 28.4. The van der Waals surface area contributed by atoms with Crippen LogP contribution in [0, 0.1) is 5.92 Å². The van der Waals surface area contributed by atoms with Crippen molar-refractivity contribution in [2.75, 3.05) is 19.8 Å². The highest BCUT2D eigenvalue weighted by molar-refractivity contribution is 6.99. The summed E-state index contributed by atoms with van der Waals surface area (Å²) in [6, 6.07) is 30.7. The SMILES string of the molecule is CCOC(=O)C[C@H]1[C@@H](c2ccccc2)CN(C(=O)OC(C)(C)C)[C@@H]1CO[Si](c1ccccc1)(c1ccccc1)C(C)(C)C. The van der Waals surface area contributed by atoms with Crippen molar-refractivity contribution in [3.05, 3.63) is 96.6 Å². The predicted molar refractivity (Wildman–Crippen MR) is 174 cm³/mol. The molecule has 3 aromatic rings. The lowest BCUT2D eigenvalue weighted by Gasteiger charge is -2.44. The lowest BCUT2D eigenvalue weighted by molar-refractivity contribution is -0.144. The first-order chi connectivity index (χ1) is 20.4. The van der Waals surface area contributed by atoms with Crippen molar-refractivity contribution >= 4 is 30.8 Å². The van der Waals surface area contributed by atoms with Crippen LogP contribution in [0.5, 0.6) is 0 Å². The molecule has 0 aromatic heterocycles. The van der Waals surface area contributed by atoms with Crippen LogP contribution in [0.15, 0.2) is 91.0 Å². The monoisotopic (exact) mass is 601 g/mol. The number of nitrogens with zero attached hydrogens (tertiary/aromatic N) is 1. The normalized spacial score (nSPS) is 19.2. The van der Waals surface area contributed by atoms with Gasteiger partial charge in [0, 0.05) is 18.4 Å². The van der Waals surface area contributed by atoms with Crippen molar-refractivity contribution in [2.24, 2.45) is 5.92 Å². The van der Waals surface area contributed by atoms with Crippen molar-refractivity contribution in [2.45, 2.75) is 77.5 Å². The topological polar surface area (TPSA) is 65.1 Å². The zero-order valence-electron chi connectivity index (χ0n) is 26.7. The molecular weight excluding hydrogens is 554 g/mol. The van der Waals surface area contributed by atoms with Crippen molar-refractivity contribution in [3.63, 3.8) is 0 Å². The van der Waals surface area contributed by atoms with E-state index in [1.165, 1.54) is 0 Å². The molecule has 7 heteroatoms. The molecule has 6 nitrogen and oxygen atoms in total. The van der Waals surface area contributed by atoms with Gasteiger partial charge in [0.2, 0.25) is 0 Å². The number of ether oxygens (including phenoxy) is 2. The van der Waals surface area contributed by atoms with E-state index in [1.54, 1.807) is 4.90 Å². The molecule has 0 aliphatic carbocycles.